The number of benzene rings is 1. The molecule has 3 heteroatoms. The van der Waals surface area contributed by atoms with Gasteiger partial charge in [-0.15, -0.1) is 0 Å². The molecular weight excluding hydrogens is 262 g/mol. The smallest absolute Gasteiger partial charge is 0.122 e. The molecule has 3 nitrogen and oxygen atoms in total. The van der Waals surface area contributed by atoms with Crippen LogP contribution in [0, 0.1) is 0 Å². The van der Waals surface area contributed by atoms with Gasteiger partial charge >= 0.3 is 0 Å². The first-order chi connectivity index (χ1) is 10.2. The zero-order chi connectivity index (χ0) is 15.1. The predicted octanol–water partition coefficient (Wildman–Crippen LogP) is 3.74. The first kappa shape index (κ1) is 16.3. The molecule has 1 aromatic carbocycles. The van der Waals surface area contributed by atoms with Crippen LogP contribution < -0.4 is 10.1 Å². The summed E-state index contributed by atoms with van der Waals surface area (Å²) in [6, 6.07) is 9.07. The van der Waals surface area contributed by atoms with Crippen molar-refractivity contribution in [3.8, 4) is 5.75 Å². The van der Waals surface area contributed by atoms with Crippen LogP contribution in [0.5, 0.6) is 5.75 Å². The van der Waals surface area contributed by atoms with Gasteiger partial charge in [-0.1, -0.05) is 18.2 Å². The molecular formula is C18H29NO2. The first-order valence-electron chi connectivity index (χ1n) is 8.18. The lowest BCUT2D eigenvalue weighted by molar-refractivity contribution is 0.0757. The van der Waals surface area contributed by atoms with E-state index >= 15 is 0 Å². The molecule has 0 atom stereocenters. The molecule has 1 N–H and O–H groups in total. The topological polar surface area (TPSA) is 30.5 Å². The Bertz CT molecular complexity index is 413. The molecule has 21 heavy (non-hydrogen) atoms. The maximum atomic E-state index is 5.55. The number of ether oxygens (including phenoxy) is 2. The van der Waals surface area contributed by atoms with E-state index in [9.17, 15) is 0 Å². The average molecular weight is 291 g/mol. The van der Waals surface area contributed by atoms with Gasteiger partial charge in [-0.2, -0.15) is 0 Å². The highest BCUT2D eigenvalue weighted by atomic mass is 16.5. The minimum Gasteiger partial charge on any atom is -0.496 e. The van der Waals surface area contributed by atoms with E-state index in [1.54, 1.807) is 7.11 Å². The lowest BCUT2D eigenvalue weighted by Crippen LogP contribution is -2.40. The third kappa shape index (κ3) is 5.01. The molecule has 0 spiro atoms. The molecule has 0 amide bonds. The van der Waals surface area contributed by atoms with Crippen LogP contribution in [0.1, 0.15) is 51.0 Å². The zero-order valence-electron chi connectivity index (χ0n) is 13.6. The van der Waals surface area contributed by atoms with Crippen LogP contribution in [-0.4, -0.2) is 32.4 Å². The molecule has 0 radical (unpaired) electrons. The number of rotatable bonds is 9. The van der Waals surface area contributed by atoms with Gasteiger partial charge in [0.2, 0.25) is 0 Å². The largest absolute Gasteiger partial charge is 0.496 e. The summed E-state index contributed by atoms with van der Waals surface area (Å²) in [6.07, 6.45) is 5.15. The number of methoxy groups -OCH3 is 1. The number of hydrogen-bond donors (Lipinski definition) is 1. The fraction of sp³-hybridized carbons (Fsp3) is 0.667. The number of para-hydroxylation sites is 1. The Morgan fingerprint density at radius 1 is 1.19 bits per heavy atom. The molecule has 118 valence electrons. The molecule has 0 heterocycles. The Morgan fingerprint density at radius 3 is 2.67 bits per heavy atom. The molecule has 1 aromatic rings. The van der Waals surface area contributed by atoms with Gasteiger partial charge in [0.1, 0.15) is 5.75 Å². The first-order valence-corrected chi connectivity index (χ1v) is 8.18. The average Bonchev–Trinajstić information content (AvgIpc) is 2.44. The van der Waals surface area contributed by atoms with Crippen molar-refractivity contribution in [2.75, 3.05) is 20.3 Å². The molecule has 0 aromatic heterocycles. The lowest BCUT2D eigenvalue weighted by atomic mass is 9.75. The van der Waals surface area contributed by atoms with Gasteiger partial charge < -0.3 is 14.8 Å². The van der Waals surface area contributed by atoms with E-state index in [-0.39, 0.29) is 0 Å². The van der Waals surface area contributed by atoms with Gasteiger partial charge in [-0.25, -0.2) is 0 Å². The summed E-state index contributed by atoms with van der Waals surface area (Å²) in [6.45, 7) is 6.16. The number of nitrogens with one attached hydrogen (secondary N) is 1. The summed E-state index contributed by atoms with van der Waals surface area (Å²) in [4.78, 5) is 0. The van der Waals surface area contributed by atoms with Crippen LogP contribution in [-0.2, 0) is 4.74 Å². The van der Waals surface area contributed by atoms with Gasteiger partial charge in [0.25, 0.3) is 0 Å². The highest BCUT2D eigenvalue weighted by molar-refractivity contribution is 5.37. The van der Waals surface area contributed by atoms with Crippen LogP contribution in [0.3, 0.4) is 0 Å². The van der Waals surface area contributed by atoms with Crippen LogP contribution in [0.25, 0.3) is 0 Å². The second kappa shape index (κ2) is 8.40. The van der Waals surface area contributed by atoms with E-state index in [1.807, 2.05) is 6.07 Å². The summed E-state index contributed by atoms with van der Waals surface area (Å²) in [5, 5.41) is 3.65. The minimum absolute atomic E-state index is 0.353. The van der Waals surface area contributed by atoms with Crippen molar-refractivity contribution in [1.29, 1.82) is 0 Å². The van der Waals surface area contributed by atoms with Crippen molar-refractivity contribution < 1.29 is 9.47 Å². The summed E-state index contributed by atoms with van der Waals surface area (Å²) in [5.41, 5.74) is 1.36. The maximum Gasteiger partial charge on any atom is 0.122 e. The van der Waals surface area contributed by atoms with E-state index in [4.69, 9.17) is 9.47 Å². The molecule has 0 unspecified atom stereocenters. The summed E-state index contributed by atoms with van der Waals surface area (Å²) in [5.74, 6) is 1.69. The van der Waals surface area contributed by atoms with Gasteiger partial charge in [0.05, 0.1) is 13.2 Å². The minimum atomic E-state index is 0.353. The van der Waals surface area contributed by atoms with Gasteiger partial charge in [-0.3, -0.25) is 0 Å². The van der Waals surface area contributed by atoms with Crippen LogP contribution >= 0.6 is 0 Å². The van der Waals surface area contributed by atoms with Crippen LogP contribution in [0.15, 0.2) is 24.3 Å². The Labute approximate surface area is 129 Å². The van der Waals surface area contributed by atoms with Crippen molar-refractivity contribution in [2.45, 2.75) is 57.6 Å². The van der Waals surface area contributed by atoms with E-state index < -0.39 is 0 Å². The number of hydrogen-bond acceptors (Lipinski definition) is 3. The maximum absolute atomic E-state index is 5.55. The molecule has 0 bridgehead atoms. The summed E-state index contributed by atoms with van der Waals surface area (Å²) in [7, 11) is 1.76. The van der Waals surface area contributed by atoms with Crippen molar-refractivity contribution >= 4 is 0 Å². The van der Waals surface area contributed by atoms with Gasteiger partial charge in [-0.05, 0) is 63.6 Å². The van der Waals surface area contributed by atoms with Crippen LogP contribution in [0.2, 0.25) is 0 Å². The highest BCUT2D eigenvalue weighted by Crippen LogP contribution is 2.40. The van der Waals surface area contributed by atoms with E-state index in [2.05, 4.69) is 37.4 Å². The SMILES string of the molecule is COc1ccccc1C1CC(NCCCCOC(C)C)C1. The Morgan fingerprint density at radius 2 is 1.95 bits per heavy atom. The van der Waals surface area contributed by atoms with Crippen LogP contribution in [0.4, 0.5) is 0 Å². The zero-order valence-corrected chi connectivity index (χ0v) is 13.6. The third-order valence-electron chi connectivity index (χ3n) is 4.17. The molecule has 2 rings (SSSR count). The van der Waals surface area contributed by atoms with Gasteiger partial charge in [0, 0.05) is 12.6 Å². The summed E-state index contributed by atoms with van der Waals surface area (Å²) < 4.78 is 11.0. The second-order valence-corrected chi connectivity index (χ2v) is 6.19. The molecule has 1 saturated carbocycles. The molecule has 0 saturated heterocycles. The molecule has 1 aliphatic carbocycles. The molecule has 1 fully saturated rings. The fourth-order valence-electron chi connectivity index (χ4n) is 2.89. The van der Waals surface area contributed by atoms with Gasteiger partial charge in [0.15, 0.2) is 0 Å². The van der Waals surface area contributed by atoms with E-state index in [1.165, 1.54) is 24.8 Å². The third-order valence-corrected chi connectivity index (χ3v) is 4.17. The van der Waals surface area contributed by atoms with Crippen molar-refractivity contribution in [3.63, 3.8) is 0 Å². The Balaban J connectivity index is 1.59. The highest BCUT2D eigenvalue weighted by Gasteiger charge is 2.31. The van der Waals surface area contributed by atoms with Crippen molar-refractivity contribution in [1.82, 2.24) is 5.32 Å². The molecule has 1 aliphatic rings. The standard InChI is InChI=1S/C18H29NO2/c1-14(2)21-11-7-6-10-19-16-12-15(13-16)17-8-4-5-9-18(17)20-3/h4-5,8-9,14-16,19H,6-7,10-13H2,1-3H3. The normalized spacial score (nSPS) is 21.3. The van der Waals surface area contributed by atoms with Crippen molar-refractivity contribution in [2.24, 2.45) is 0 Å². The van der Waals surface area contributed by atoms with Crippen molar-refractivity contribution in [3.05, 3.63) is 29.8 Å². The summed E-state index contributed by atoms with van der Waals surface area (Å²) >= 11 is 0. The lowest BCUT2D eigenvalue weighted by Gasteiger charge is -2.37. The Hall–Kier alpha value is -1.06. The second-order valence-electron chi connectivity index (χ2n) is 6.19. The monoisotopic (exact) mass is 291 g/mol. The number of unbranched alkanes of at least 4 members (excludes halogenated alkanes) is 1. The quantitative estimate of drug-likeness (QED) is 0.703. The van der Waals surface area contributed by atoms with E-state index in [0.717, 1.165) is 25.3 Å². The predicted molar refractivity (Wildman–Crippen MR) is 87.1 cm³/mol. The fourth-order valence-corrected chi connectivity index (χ4v) is 2.89. The Kier molecular flexibility index (Phi) is 6.52. The molecule has 0 aliphatic heterocycles. The van der Waals surface area contributed by atoms with E-state index in [0.29, 0.717) is 18.1 Å².